The molecule has 1 aliphatic heterocycles. The molecule has 1 aromatic carbocycles. The predicted octanol–water partition coefficient (Wildman–Crippen LogP) is 5.22. The molecule has 1 saturated heterocycles. The van der Waals surface area contributed by atoms with Crippen molar-refractivity contribution < 1.29 is 0 Å². The smallest absolute Gasteiger partial charge is 0.0631 e. The highest BCUT2D eigenvalue weighted by atomic mass is 79.9. The lowest BCUT2D eigenvalue weighted by Gasteiger charge is -2.30. The first kappa shape index (κ1) is 13.8. The van der Waals surface area contributed by atoms with Crippen LogP contribution >= 0.6 is 43.6 Å². The zero-order valence-corrected chi connectivity index (χ0v) is 14.1. The lowest BCUT2D eigenvalue weighted by Crippen LogP contribution is -2.33. The second-order valence-electron chi connectivity index (χ2n) is 4.57. The van der Waals surface area contributed by atoms with Crippen molar-refractivity contribution in [2.24, 2.45) is 0 Å². The number of anilines is 1. The van der Waals surface area contributed by atoms with Gasteiger partial charge in [-0.25, -0.2) is 0 Å². The number of thioether (sulfide) groups is 1. The highest BCUT2D eigenvalue weighted by Gasteiger charge is 2.22. The molecule has 94 valence electrons. The third kappa shape index (κ3) is 3.42. The molecule has 1 aromatic rings. The molecule has 17 heavy (non-hydrogen) atoms. The molecule has 0 radical (unpaired) electrons. The van der Waals surface area contributed by atoms with Crippen LogP contribution in [0.3, 0.4) is 0 Å². The van der Waals surface area contributed by atoms with E-state index in [-0.39, 0.29) is 0 Å². The van der Waals surface area contributed by atoms with Gasteiger partial charge in [0, 0.05) is 20.2 Å². The van der Waals surface area contributed by atoms with Gasteiger partial charge in [-0.1, -0.05) is 6.92 Å². The van der Waals surface area contributed by atoms with Crippen molar-refractivity contribution in [3.05, 3.63) is 26.6 Å². The van der Waals surface area contributed by atoms with E-state index in [1.807, 2.05) is 0 Å². The summed E-state index contributed by atoms with van der Waals surface area (Å²) in [7, 11) is 0. The number of rotatable bonds is 2. The fourth-order valence-corrected chi connectivity index (χ4v) is 4.92. The molecule has 4 heteroatoms. The Balaban J connectivity index is 2.17. The average Bonchev–Trinajstić information content (AvgIpc) is 2.25. The van der Waals surface area contributed by atoms with E-state index in [0.717, 1.165) is 8.95 Å². The van der Waals surface area contributed by atoms with Crippen LogP contribution in [-0.4, -0.2) is 17.0 Å². The van der Waals surface area contributed by atoms with Gasteiger partial charge >= 0.3 is 0 Å². The fraction of sp³-hybridized carbons (Fsp3) is 0.538. The van der Waals surface area contributed by atoms with Gasteiger partial charge in [0.1, 0.15) is 0 Å². The van der Waals surface area contributed by atoms with Crippen molar-refractivity contribution in [1.29, 1.82) is 0 Å². The lowest BCUT2D eigenvalue weighted by atomic mass is 10.1. The molecule has 2 atom stereocenters. The maximum absolute atomic E-state index is 3.68. The minimum absolute atomic E-state index is 0.573. The summed E-state index contributed by atoms with van der Waals surface area (Å²) in [5, 5.41) is 4.36. The molecule has 0 saturated carbocycles. The number of nitrogens with one attached hydrogen (secondary N) is 1. The van der Waals surface area contributed by atoms with Crippen LogP contribution in [0.5, 0.6) is 0 Å². The number of aryl methyl sites for hydroxylation is 1. The quantitative estimate of drug-likeness (QED) is 0.757. The Bertz CT molecular complexity index is 385. The van der Waals surface area contributed by atoms with Gasteiger partial charge in [0.2, 0.25) is 0 Å². The Morgan fingerprint density at radius 3 is 2.53 bits per heavy atom. The maximum Gasteiger partial charge on any atom is 0.0631 e. The summed E-state index contributed by atoms with van der Waals surface area (Å²) < 4.78 is 2.29. The highest BCUT2D eigenvalue weighted by Crippen LogP contribution is 2.35. The third-order valence-electron chi connectivity index (χ3n) is 3.12. The van der Waals surface area contributed by atoms with Gasteiger partial charge in [0.25, 0.3) is 0 Å². The Kier molecular flexibility index (Phi) is 4.84. The van der Waals surface area contributed by atoms with E-state index in [0.29, 0.717) is 11.3 Å². The Morgan fingerprint density at radius 2 is 1.94 bits per heavy atom. The van der Waals surface area contributed by atoms with Crippen molar-refractivity contribution in [3.63, 3.8) is 0 Å². The molecule has 1 aliphatic rings. The molecule has 2 rings (SSSR count). The fourth-order valence-electron chi connectivity index (χ4n) is 2.14. The SMILES string of the molecule is Cc1cc(Br)c(NC2CCCSC2C)c(Br)c1. The topological polar surface area (TPSA) is 12.0 Å². The van der Waals surface area contributed by atoms with Crippen molar-refractivity contribution in [3.8, 4) is 0 Å². The van der Waals surface area contributed by atoms with E-state index in [4.69, 9.17) is 0 Å². The van der Waals surface area contributed by atoms with E-state index in [1.54, 1.807) is 0 Å². The number of halogens is 2. The zero-order chi connectivity index (χ0) is 12.4. The minimum atomic E-state index is 0.573. The summed E-state index contributed by atoms with van der Waals surface area (Å²) in [6.45, 7) is 4.43. The molecule has 0 aromatic heterocycles. The zero-order valence-electron chi connectivity index (χ0n) is 10.1. The molecule has 1 heterocycles. The van der Waals surface area contributed by atoms with Gasteiger partial charge < -0.3 is 5.32 Å². The lowest BCUT2D eigenvalue weighted by molar-refractivity contribution is 0.617. The van der Waals surface area contributed by atoms with Gasteiger partial charge in [-0.05, 0) is 75.1 Å². The van der Waals surface area contributed by atoms with Crippen molar-refractivity contribution >= 4 is 49.3 Å². The summed E-state index contributed by atoms with van der Waals surface area (Å²) in [5.41, 5.74) is 2.45. The van der Waals surface area contributed by atoms with E-state index < -0.39 is 0 Å². The summed E-state index contributed by atoms with van der Waals surface area (Å²) >= 11 is 9.36. The molecular weight excluding hydrogens is 362 g/mol. The molecular formula is C13H17Br2NS. The molecule has 1 N–H and O–H groups in total. The summed E-state index contributed by atoms with van der Waals surface area (Å²) in [6.07, 6.45) is 2.58. The second-order valence-corrected chi connectivity index (χ2v) is 7.77. The Hall–Kier alpha value is 0.330. The van der Waals surface area contributed by atoms with Crippen LogP contribution in [0.2, 0.25) is 0 Å². The van der Waals surface area contributed by atoms with Crippen LogP contribution in [-0.2, 0) is 0 Å². The van der Waals surface area contributed by atoms with Gasteiger partial charge in [-0.2, -0.15) is 11.8 Å². The standard InChI is InChI=1S/C13H17Br2NS/c1-8-6-10(14)13(11(15)7-8)16-12-4-3-5-17-9(12)2/h6-7,9,12,16H,3-5H2,1-2H3. The molecule has 0 amide bonds. The monoisotopic (exact) mass is 377 g/mol. The van der Waals surface area contributed by atoms with Crippen LogP contribution in [0.4, 0.5) is 5.69 Å². The summed E-state index contributed by atoms with van der Waals surface area (Å²) in [6, 6.07) is 4.89. The second kappa shape index (κ2) is 5.98. The van der Waals surface area contributed by atoms with Gasteiger partial charge in [-0.3, -0.25) is 0 Å². The number of benzene rings is 1. The van der Waals surface area contributed by atoms with Crippen LogP contribution in [0.25, 0.3) is 0 Å². The first-order valence-corrected chi connectivity index (χ1v) is 8.55. The molecule has 0 spiro atoms. The normalized spacial score (nSPS) is 24.7. The molecule has 0 bridgehead atoms. The molecule has 1 fully saturated rings. The minimum Gasteiger partial charge on any atom is -0.379 e. The Morgan fingerprint density at radius 1 is 1.29 bits per heavy atom. The summed E-state index contributed by atoms with van der Waals surface area (Å²) in [5.74, 6) is 1.30. The first-order chi connectivity index (χ1) is 8.08. The van der Waals surface area contributed by atoms with Crippen LogP contribution < -0.4 is 5.32 Å². The van der Waals surface area contributed by atoms with Crippen molar-refractivity contribution in [1.82, 2.24) is 0 Å². The van der Waals surface area contributed by atoms with Gasteiger partial charge in [-0.15, -0.1) is 0 Å². The average molecular weight is 379 g/mol. The first-order valence-electron chi connectivity index (χ1n) is 5.91. The van der Waals surface area contributed by atoms with E-state index >= 15 is 0 Å². The number of hydrogen-bond acceptors (Lipinski definition) is 2. The molecule has 2 unspecified atom stereocenters. The predicted molar refractivity (Wildman–Crippen MR) is 85.1 cm³/mol. The molecule has 0 aliphatic carbocycles. The summed E-state index contributed by atoms with van der Waals surface area (Å²) in [4.78, 5) is 0. The largest absolute Gasteiger partial charge is 0.379 e. The number of hydrogen-bond donors (Lipinski definition) is 1. The van der Waals surface area contributed by atoms with E-state index in [9.17, 15) is 0 Å². The van der Waals surface area contributed by atoms with E-state index in [2.05, 4.69) is 74.9 Å². The highest BCUT2D eigenvalue weighted by molar-refractivity contribution is 9.11. The maximum atomic E-state index is 3.68. The van der Waals surface area contributed by atoms with Crippen molar-refractivity contribution in [2.75, 3.05) is 11.1 Å². The third-order valence-corrected chi connectivity index (χ3v) is 5.75. The van der Waals surface area contributed by atoms with Gasteiger partial charge in [0.15, 0.2) is 0 Å². The Labute approximate surface area is 124 Å². The van der Waals surface area contributed by atoms with E-state index in [1.165, 1.54) is 29.8 Å². The van der Waals surface area contributed by atoms with Crippen LogP contribution in [0, 0.1) is 6.92 Å². The molecule has 1 nitrogen and oxygen atoms in total. The van der Waals surface area contributed by atoms with Gasteiger partial charge in [0.05, 0.1) is 5.69 Å². The van der Waals surface area contributed by atoms with Crippen LogP contribution in [0.15, 0.2) is 21.1 Å². The van der Waals surface area contributed by atoms with Crippen molar-refractivity contribution in [2.45, 2.75) is 38.0 Å². The van der Waals surface area contributed by atoms with Crippen LogP contribution in [0.1, 0.15) is 25.3 Å².